The fourth-order valence-electron chi connectivity index (χ4n) is 3.48. The molecule has 30 heavy (non-hydrogen) atoms. The van der Waals surface area contributed by atoms with Crippen molar-refractivity contribution >= 4 is 16.8 Å². The topological polar surface area (TPSA) is 73.1 Å². The number of hydrogen-bond acceptors (Lipinski definition) is 5. The van der Waals surface area contributed by atoms with Gasteiger partial charge in [-0.05, 0) is 30.2 Å². The predicted molar refractivity (Wildman–Crippen MR) is 102 cm³/mol. The number of carbonyl (C=O) groups is 1. The van der Waals surface area contributed by atoms with Crippen molar-refractivity contribution in [2.75, 3.05) is 26.3 Å². The zero-order valence-corrected chi connectivity index (χ0v) is 16.1. The number of ether oxygens (including phenoxy) is 1. The van der Waals surface area contributed by atoms with Crippen molar-refractivity contribution < 1.29 is 22.7 Å². The minimum Gasteiger partial charge on any atom is -0.380 e. The summed E-state index contributed by atoms with van der Waals surface area (Å²) in [6.07, 6.45) is 1.27. The van der Waals surface area contributed by atoms with E-state index in [1.165, 1.54) is 12.3 Å². The number of hydrogen-bond donors (Lipinski definition) is 0. The van der Waals surface area contributed by atoms with Gasteiger partial charge in [-0.2, -0.15) is 18.3 Å². The van der Waals surface area contributed by atoms with E-state index in [0.29, 0.717) is 50.2 Å². The molecule has 3 aromatic rings. The summed E-state index contributed by atoms with van der Waals surface area (Å²) >= 11 is 0. The van der Waals surface area contributed by atoms with Crippen molar-refractivity contribution in [3.05, 3.63) is 53.7 Å². The molecule has 1 amide bonds. The lowest BCUT2D eigenvalue weighted by atomic mass is 10.1. The smallest absolute Gasteiger partial charge is 0.380 e. The van der Waals surface area contributed by atoms with E-state index >= 15 is 0 Å². The quantitative estimate of drug-likeness (QED) is 0.650. The van der Waals surface area contributed by atoms with E-state index in [1.807, 2.05) is 0 Å². The summed E-state index contributed by atoms with van der Waals surface area (Å²) < 4.78 is 45.6. The van der Waals surface area contributed by atoms with Crippen LogP contribution in [0.4, 0.5) is 13.2 Å². The molecule has 0 atom stereocenters. The van der Waals surface area contributed by atoms with Crippen LogP contribution < -0.4 is 0 Å². The highest BCUT2D eigenvalue weighted by Gasteiger charge is 2.30. The highest BCUT2D eigenvalue weighted by Crippen LogP contribution is 2.26. The summed E-state index contributed by atoms with van der Waals surface area (Å²) in [4.78, 5) is 22.6. The number of carbonyl (C=O) groups excluding carboxylic acids is 1. The first-order valence-corrected chi connectivity index (χ1v) is 9.59. The molecule has 0 bridgehead atoms. The molecule has 0 unspecified atom stereocenters. The van der Waals surface area contributed by atoms with Crippen LogP contribution in [-0.2, 0) is 17.7 Å². The Bertz CT molecular complexity index is 1030. The number of nitrogens with zero attached hydrogens (tertiary/aromatic N) is 5. The van der Waals surface area contributed by atoms with Gasteiger partial charge >= 0.3 is 6.18 Å². The third-order valence-electron chi connectivity index (χ3n) is 4.89. The Kier molecular flexibility index (Phi) is 5.67. The van der Waals surface area contributed by atoms with Gasteiger partial charge in [0.25, 0.3) is 5.91 Å². The summed E-state index contributed by atoms with van der Waals surface area (Å²) in [6, 6.07) is 4.96. The summed E-state index contributed by atoms with van der Waals surface area (Å²) in [5.74, 6) is -0.321. The van der Waals surface area contributed by atoms with Crippen molar-refractivity contribution in [2.45, 2.75) is 25.6 Å². The maximum atomic E-state index is 13.1. The number of rotatable bonds is 4. The molecule has 0 N–H and O–H groups in total. The van der Waals surface area contributed by atoms with Crippen LogP contribution in [0.15, 0.2) is 36.8 Å². The molecular formula is C20H20F3N5O2. The number of alkyl halides is 3. The molecule has 158 valence electrons. The Morgan fingerprint density at radius 3 is 2.73 bits per heavy atom. The van der Waals surface area contributed by atoms with Crippen molar-refractivity contribution in [2.24, 2.45) is 0 Å². The molecule has 7 nitrogen and oxygen atoms in total. The molecule has 0 aromatic carbocycles. The lowest BCUT2D eigenvalue weighted by molar-refractivity contribution is -0.141. The van der Waals surface area contributed by atoms with Crippen molar-refractivity contribution in [1.82, 2.24) is 24.6 Å². The van der Waals surface area contributed by atoms with E-state index in [4.69, 9.17) is 4.74 Å². The second kappa shape index (κ2) is 8.39. The Balaban J connectivity index is 1.71. The molecule has 1 aliphatic heterocycles. The molecular weight excluding hydrogens is 399 g/mol. The predicted octanol–water partition coefficient (Wildman–Crippen LogP) is 2.84. The van der Waals surface area contributed by atoms with Crippen LogP contribution in [0.1, 0.15) is 28.2 Å². The summed E-state index contributed by atoms with van der Waals surface area (Å²) in [6.45, 7) is 0.708. The average molecular weight is 419 g/mol. The standard InChI is InChI=1S/C20H20F3N5O2/c21-20(22,23)13-28-18-11-17(19(29)27-6-1-8-30-9-7-27)25-12-15(18)16(26-28)10-14-2-4-24-5-3-14/h2-5,11-12H,1,6-10,13H2. The lowest BCUT2D eigenvalue weighted by Gasteiger charge is -2.19. The SMILES string of the molecule is O=C(c1cc2c(cn1)c(Cc1ccncc1)nn2CC(F)(F)F)N1CCCOCC1. The third-order valence-corrected chi connectivity index (χ3v) is 4.89. The van der Waals surface area contributed by atoms with Crippen LogP contribution in [0.2, 0.25) is 0 Å². The van der Waals surface area contributed by atoms with Crippen LogP contribution in [0.3, 0.4) is 0 Å². The van der Waals surface area contributed by atoms with Gasteiger partial charge in [-0.3, -0.25) is 19.4 Å². The van der Waals surface area contributed by atoms with Crippen LogP contribution in [-0.4, -0.2) is 63.0 Å². The van der Waals surface area contributed by atoms with Gasteiger partial charge in [-0.15, -0.1) is 0 Å². The highest BCUT2D eigenvalue weighted by molar-refractivity contribution is 5.96. The van der Waals surface area contributed by atoms with Crippen molar-refractivity contribution in [3.8, 4) is 0 Å². The van der Waals surface area contributed by atoms with E-state index in [1.54, 1.807) is 29.4 Å². The van der Waals surface area contributed by atoms with E-state index in [-0.39, 0.29) is 17.1 Å². The maximum Gasteiger partial charge on any atom is 0.408 e. The van der Waals surface area contributed by atoms with E-state index in [2.05, 4.69) is 15.1 Å². The number of halogens is 3. The zero-order chi connectivity index (χ0) is 21.1. The van der Waals surface area contributed by atoms with Crippen molar-refractivity contribution in [3.63, 3.8) is 0 Å². The van der Waals surface area contributed by atoms with E-state index in [9.17, 15) is 18.0 Å². The van der Waals surface area contributed by atoms with Gasteiger partial charge in [0.15, 0.2) is 0 Å². The molecule has 0 aliphatic carbocycles. The van der Waals surface area contributed by atoms with E-state index in [0.717, 1.165) is 10.2 Å². The summed E-state index contributed by atoms with van der Waals surface area (Å²) in [5.41, 5.74) is 1.67. The Morgan fingerprint density at radius 2 is 1.97 bits per heavy atom. The molecule has 1 saturated heterocycles. The van der Waals surface area contributed by atoms with Gasteiger partial charge in [0.1, 0.15) is 12.2 Å². The number of amides is 1. The normalized spacial score (nSPS) is 15.4. The van der Waals surface area contributed by atoms with E-state index < -0.39 is 12.7 Å². The molecule has 1 aliphatic rings. The monoisotopic (exact) mass is 419 g/mol. The fraction of sp³-hybridized carbons (Fsp3) is 0.400. The number of pyridine rings is 2. The molecule has 10 heteroatoms. The van der Waals surface area contributed by atoms with Gasteiger partial charge in [0.05, 0.1) is 17.8 Å². The zero-order valence-electron chi connectivity index (χ0n) is 16.1. The minimum absolute atomic E-state index is 0.100. The Morgan fingerprint density at radius 1 is 1.17 bits per heavy atom. The van der Waals surface area contributed by atoms with Crippen molar-refractivity contribution in [1.29, 1.82) is 0 Å². The largest absolute Gasteiger partial charge is 0.408 e. The van der Waals surface area contributed by atoms with Gasteiger partial charge in [-0.25, -0.2) is 0 Å². The summed E-state index contributed by atoms with van der Waals surface area (Å²) in [7, 11) is 0. The third kappa shape index (κ3) is 4.59. The minimum atomic E-state index is -4.44. The summed E-state index contributed by atoms with van der Waals surface area (Å²) in [5, 5.41) is 4.68. The number of fused-ring (bicyclic) bond motifs is 1. The molecule has 4 rings (SSSR count). The van der Waals surface area contributed by atoms with Crippen LogP contribution in [0, 0.1) is 0 Å². The average Bonchev–Trinajstić information content (AvgIpc) is 2.89. The highest BCUT2D eigenvalue weighted by atomic mass is 19.4. The van der Waals surface area contributed by atoms with Crippen LogP contribution in [0.5, 0.6) is 0 Å². The second-order valence-corrected chi connectivity index (χ2v) is 7.10. The van der Waals surface area contributed by atoms with Gasteiger partial charge in [0.2, 0.25) is 0 Å². The maximum absolute atomic E-state index is 13.1. The first kappa shape index (κ1) is 20.3. The first-order chi connectivity index (χ1) is 14.4. The first-order valence-electron chi connectivity index (χ1n) is 9.59. The van der Waals surface area contributed by atoms with Gasteiger partial charge in [-0.1, -0.05) is 0 Å². The Labute approximate surface area is 170 Å². The second-order valence-electron chi connectivity index (χ2n) is 7.10. The molecule has 0 radical (unpaired) electrons. The molecule has 3 aromatic heterocycles. The fourth-order valence-corrected chi connectivity index (χ4v) is 3.48. The van der Waals surface area contributed by atoms with Gasteiger partial charge < -0.3 is 9.64 Å². The lowest BCUT2D eigenvalue weighted by Crippen LogP contribution is -2.33. The van der Waals surface area contributed by atoms with Gasteiger partial charge in [0, 0.05) is 50.1 Å². The molecule has 0 saturated carbocycles. The number of aromatic nitrogens is 4. The van der Waals surface area contributed by atoms with Crippen LogP contribution in [0.25, 0.3) is 10.9 Å². The molecule has 4 heterocycles. The van der Waals surface area contributed by atoms with Crippen LogP contribution >= 0.6 is 0 Å². The molecule has 1 fully saturated rings. The Hall–Kier alpha value is -3.01. The molecule has 0 spiro atoms.